The van der Waals surface area contributed by atoms with Crippen LogP contribution in [0.5, 0.6) is 0 Å². The lowest BCUT2D eigenvalue weighted by Crippen LogP contribution is -2.40. The number of nitrogen functional groups attached to an aromatic ring is 1. The van der Waals surface area contributed by atoms with E-state index in [0.29, 0.717) is 18.3 Å². The molecule has 0 radical (unpaired) electrons. The van der Waals surface area contributed by atoms with Gasteiger partial charge in [0, 0.05) is 25.4 Å². The molecule has 108 valence electrons. The number of nitrogens with two attached hydrogens (primary N) is 1. The first-order chi connectivity index (χ1) is 9.78. The van der Waals surface area contributed by atoms with Gasteiger partial charge >= 0.3 is 0 Å². The molecule has 1 aliphatic carbocycles. The monoisotopic (exact) mass is 275 g/mol. The van der Waals surface area contributed by atoms with Crippen LogP contribution < -0.4 is 11.3 Å². The molecule has 1 aromatic rings. The van der Waals surface area contributed by atoms with E-state index in [-0.39, 0.29) is 5.92 Å². The molecule has 1 aliphatic heterocycles. The standard InChI is InChI=1S/C14H21N5O/c15-16-13-8-11-9-19(7-6-12(11)17-18-13)14(20)10-4-2-1-3-5-10/h8,10H,1-7,9,15H2,(H,16,18). The maximum Gasteiger partial charge on any atom is 0.225 e. The number of nitrogens with one attached hydrogen (secondary N) is 1. The quantitative estimate of drug-likeness (QED) is 0.626. The fourth-order valence-electron chi connectivity index (χ4n) is 3.20. The molecule has 1 amide bonds. The van der Waals surface area contributed by atoms with E-state index in [1.165, 1.54) is 19.3 Å². The van der Waals surface area contributed by atoms with E-state index in [2.05, 4.69) is 15.6 Å². The summed E-state index contributed by atoms with van der Waals surface area (Å²) in [6, 6.07) is 1.89. The van der Waals surface area contributed by atoms with Crippen LogP contribution in [-0.4, -0.2) is 27.5 Å². The van der Waals surface area contributed by atoms with Gasteiger partial charge in [0.2, 0.25) is 5.91 Å². The number of hydrogen-bond donors (Lipinski definition) is 2. The smallest absolute Gasteiger partial charge is 0.225 e. The van der Waals surface area contributed by atoms with Crippen molar-refractivity contribution in [3.63, 3.8) is 0 Å². The van der Waals surface area contributed by atoms with Gasteiger partial charge in [-0.05, 0) is 24.5 Å². The highest BCUT2D eigenvalue weighted by atomic mass is 16.2. The van der Waals surface area contributed by atoms with Crippen LogP contribution in [0.1, 0.15) is 43.4 Å². The van der Waals surface area contributed by atoms with E-state index in [1.54, 1.807) is 0 Å². The minimum Gasteiger partial charge on any atom is -0.338 e. The van der Waals surface area contributed by atoms with Crippen LogP contribution >= 0.6 is 0 Å². The van der Waals surface area contributed by atoms with Crippen LogP contribution in [0.4, 0.5) is 5.82 Å². The topological polar surface area (TPSA) is 84.1 Å². The molecule has 1 saturated carbocycles. The number of carbonyl (C=O) groups is 1. The summed E-state index contributed by atoms with van der Waals surface area (Å²) in [5.41, 5.74) is 4.55. The van der Waals surface area contributed by atoms with Crippen molar-refractivity contribution in [2.45, 2.75) is 45.1 Å². The SMILES string of the molecule is NNc1cc2c(nn1)CCN(C(=O)C1CCCCC1)C2. The Morgan fingerprint density at radius 1 is 1.30 bits per heavy atom. The van der Waals surface area contributed by atoms with Crippen molar-refractivity contribution in [2.24, 2.45) is 11.8 Å². The molecule has 0 spiro atoms. The summed E-state index contributed by atoms with van der Waals surface area (Å²) < 4.78 is 0. The van der Waals surface area contributed by atoms with Crippen LogP contribution in [0, 0.1) is 5.92 Å². The maximum absolute atomic E-state index is 12.6. The zero-order valence-electron chi connectivity index (χ0n) is 11.6. The van der Waals surface area contributed by atoms with E-state index < -0.39 is 0 Å². The van der Waals surface area contributed by atoms with Crippen molar-refractivity contribution in [1.29, 1.82) is 0 Å². The molecule has 3 rings (SSSR count). The Morgan fingerprint density at radius 3 is 2.85 bits per heavy atom. The van der Waals surface area contributed by atoms with Crippen molar-refractivity contribution >= 4 is 11.7 Å². The molecule has 0 bridgehead atoms. The van der Waals surface area contributed by atoms with Gasteiger partial charge in [-0.1, -0.05) is 19.3 Å². The second-order valence-electron chi connectivity index (χ2n) is 5.69. The van der Waals surface area contributed by atoms with Crippen molar-refractivity contribution in [1.82, 2.24) is 15.1 Å². The zero-order chi connectivity index (χ0) is 13.9. The maximum atomic E-state index is 12.6. The first-order valence-electron chi connectivity index (χ1n) is 7.39. The predicted molar refractivity (Wildman–Crippen MR) is 75.5 cm³/mol. The molecule has 0 unspecified atom stereocenters. The summed E-state index contributed by atoms with van der Waals surface area (Å²) in [5.74, 6) is 6.46. The molecule has 1 fully saturated rings. The molecule has 0 aromatic carbocycles. The Hall–Kier alpha value is -1.69. The highest BCUT2D eigenvalue weighted by Gasteiger charge is 2.28. The minimum absolute atomic E-state index is 0.229. The third-order valence-corrected chi connectivity index (χ3v) is 4.35. The fourth-order valence-corrected chi connectivity index (χ4v) is 3.20. The second kappa shape index (κ2) is 5.75. The molecule has 20 heavy (non-hydrogen) atoms. The Bertz CT molecular complexity index is 498. The number of aromatic nitrogens is 2. The summed E-state index contributed by atoms with van der Waals surface area (Å²) in [4.78, 5) is 14.5. The van der Waals surface area contributed by atoms with Crippen LogP contribution in [-0.2, 0) is 17.8 Å². The molecule has 1 aromatic heterocycles. The van der Waals surface area contributed by atoms with Gasteiger partial charge in [-0.15, -0.1) is 5.10 Å². The zero-order valence-corrected chi connectivity index (χ0v) is 11.6. The lowest BCUT2D eigenvalue weighted by Gasteiger charge is -2.32. The first kappa shape index (κ1) is 13.3. The van der Waals surface area contributed by atoms with E-state index >= 15 is 0 Å². The van der Waals surface area contributed by atoms with Gasteiger partial charge in [-0.25, -0.2) is 5.84 Å². The van der Waals surface area contributed by atoms with Gasteiger partial charge in [0.1, 0.15) is 0 Å². The number of rotatable bonds is 2. The Morgan fingerprint density at radius 2 is 2.10 bits per heavy atom. The number of amides is 1. The van der Waals surface area contributed by atoms with Crippen LogP contribution in [0.15, 0.2) is 6.07 Å². The lowest BCUT2D eigenvalue weighted by molar-refractivity contribution is -0.137. The average molecular weight is 275 g/mol. The van der Waals surface area contributed by atoms with Gasteiger partial charge < -0.3 is 10.3 Å². The van der Waals surface area contributed by atoms with Gasteiger partial charge in [0.15, 0.2) is 5.82 Å². The number of hydrazine groups is 1. The second-order valence-corrected chi connectivity index (χ2v) is 5.69. The molecule has 0 saturated heterocycles. The summed E-state index contributed by atoms with van der Waals surface area (Å²) in [5, 5.41) is 8.15. The highest BCUT2D eigenvalue weighted by Crippen LogP contribution is 2.27. The number of nitrogens with zero attached hydrogens (tertiary/aromatic N) is 3. The van der Waals surface area contributed by atoms with E-state index in [9.17, 15) is 4.79 Å². The number of anilines is 1. The average Bonchev–Trinajstić information content (AvgIpc) is 2.54. The van der Waals surface area contributed by atoms with Gasteiger partial charge in [-0.2, -0.15) is 5.10 Å². The normalized spacial score (nSPS) is 19.6. The summed E-state index contributed by atoms with van der Waals surface area (Å²) >= 11 is 0. The largest absolute Gasteiger partial charge is 0.338 e. The van der Waals surface area contributed by atoms with Crippen molar-refractivity contribution < 1.29 is 4.79 Å². The van der Waals surface area contributed by atoms with Gasteiger partial charge in [0.25, 0.3) is 0 Å². The Labute approximate surface area is 118 Å². The third-order valence-electron chi connectivity index (χ3n) is 4.35. The van der Waals surface area contributed by atoms with Crippen LogP contribution in [0.25, 0.3) is 0 Å². The van der Waals surface area contributed by atoms with E-state index in [4.69, 9.17) is 5.84 Å². The molecule has 0 atom stereocenters. The van der Waals surface area contributed by atoms with Crippen LogP contribution in [0.3, 0.4) is 0 Å². The number of fused-ring (bicyclic) bond motifs is 1. The minimum atomic E-state index is 0.229. The lowest BCUT2D eigenvalue weighted by atomic mass is 9.88. The van der Waals surface area contributed by atoms with Crippen molar-refractivity contribution in [2.75, 3.05) is 12.0 Å². The Kier molecular flexibility index (Phi) is 3.82. The van der Waals surface area contributed by atoms with E-state index in [1.807, 2.05) is 11.0 Å². The predicted octanol–water partition coefficient (Wildman–Crippen LogP) is 1.23. The molecular formula is C14H21N5O. The molecule has 2 heterocycles. The third kappa shape index (κ3) is 2.60. The summed E-state index contributed by atoms with van der Waals surface area (Å²) in [7, 11) is 0. The van der Waals surface area contributed by atoms with Crippen molar-refractivity contribution in [3.05, 3.63) is 17.3 Å². The molecule has 6 heteroatoms. The summed E-state index contributed by atoms with van der Waals surface area (Å²) in [6.07, 6.45) is 6.53. The van der Waals surface area contributed by atoms with Gasteiger partial charge in [-0.3, -0.25) is 4.79 Å². The first-order valence-corrected chi connectivity index (χ1v) is 7.39. The summed E-state index contributed by atoms with van der Waals surface area (Å²) in [6.45, 7) is 1.39. The van der Waals surface area contributed by atoms with Crippen LogP contribution in [0.2, 0.25) is 0 Å². The number of hydrogen-bond acceptors (Lipinski definition) is 5. The molecule has 3 N–H and O–H groups in total. The number of carbonyl (C=O) groups excluding carboxylic acids is 1. The molecular weight excluding hydrogens is 254 g/mol. The highest BCUT2D eigenvalue weighted by molar-refractivity contribution is 5.79. The Balaban J connectivity index is 1.72. The van der Waals surface area contributed by atoms with Crippen molar-refractivity contribution in [3.8, 4) is 0 Å². The molecule has 6 nitrogen and oxygen atoms in total. The fraction of sp³-hybridized carbons (Fsp3) is 0.643. The van der Waals surface area contributed by atoms with E-state index in [0.717, 1.165) is 37.1 Å². The molecule has 2 aliphatic rings. The van der Waals surface area contributed by atoms with Gasteiger partial charge in [0.05, 0.1) is 5.69 Å².